The van der Waals surface area contributed by atoms with E-state index in [9.17, 15) is 0 Å². The van der Waals surface area contributed by atoms with Crippen molar-refractivity contribution >= 4 is 39.9 Å². The molecule has 51 heavy (non-hydrogen) atoms. The maximum Gasteiger partial charge on any atom is 0.161 e. The van der Waals surface area contributed by atoms with E-state index in [2.05, 4.69) is 151 Å². The van der Waals surface area contributed by atoms with Crippen LogP contribution < -0.4 is 0 Å². The first-order valence-corrected chi connectivity index (χ1v) is 17.2. The van der Waals surface area contributed by atoms with Crippen LogP contribution in [-0.4, -0.2) is 18.4 Å². The SMILES string of the molecule is C=NC(=NC(=NCc1ccccc1)c1ccc(-c2ccc3c(-c4ccccc4)c4ccccc4c(-c4ccccc4)c3c2)cc1)c1ccccc1. The Morgan fingerprint density at radius 1 is 0.392 bits per heavy atom. The Hall–Kier alpha value is -6.71. The van der Waals surface area contributed by atoms with Gasteiger partial charge >= 0.3 is 0 Å². The van der Waals surface area contributed by atoms with Crippen molar-refractivity contribution in [2.75, 3.05) is 0 Å². The average molecular weight is 654 g/mol. The van der Waals surface area contributed by atoms with Crippen LogP contribution in [0.3, 0.4) is 0 Å². The lowest BCUT2D eigenvalue weighted by Crippen LogP contribution is -2.05. The topological polar surface area (TPSA) is 37.1 Å². The van der Waals surface area contributed by atoms with E-state index in [1.807, 2.05) is 48.5 Å². The van der Waals surface area contributed by atoms with Crippen LogP contribution in [-0.2, 0) is 6.54 Å². The zero-order valence-corrected chi connectivity index (χ0v) is 28.2. The number of benzene rings is 8. The van der Waals surface area contributed by atoms with Crippen LogP contribution in [0, 0.1) is 0 Å². The van der Waals surface area contributed by atoms with Gasteiger partial charge in [-0.15, -0.1) is 0 Å². The van der Waals surface area contributed by atoms with Crippen LogP contribution >= 0.6 is 0 Å². The van der Waals surface area contributed by atoms with Gasteiger partial charge in [-0.3, -0.25) is 4.99 Å². The van der Waals surface area contributed by atoms with Crippen molar-refractivity contribution in [3.63, 3.8) is 0 Å². The molecule has 8 rings (SSSR count). The van der Waals surface area contributed by atoms with Gasteiger partial charge in [-0.1, -0.05) is 182 Å². The molecule has 0 aromatic heterocycles. The maximum absolute atomic E-state index is 4.97. The molecule has 0 unspecified atom stereocenters. The summed E-state index contributed by atoms with van der Waals surface area (Å²) in [5.41, 5.74) is 10.1. The molecule has 0 saturated carbocycles. The van der Waals surface area contributed by atoms with Crippen LogP contribution in [0.15, 0.2) is 203 Å². The molecular weight excluding hydrogens is 619 g/mol. The normalized spacial score (nSPS) is 11.9. The second-order valence-electron chi connectivity index (χ2n) is 12.5. The van der Waals surface area contributed by atoms with Crippen LogP contribution in [0.1, 0.15) is 16.7 Å². The highest BCUT2D eigenvalue weighted by atomic mass is 15.0. The van der Waals surface area contributed by atoms with E-state index in [0.29, 0.717) is 18.2 Å². The van der Waals surface area contributed by atoms with Gasteiger partial charge in [0.2, 0.25) is 0 Å². The predicted molar refractivity (Wildman–Crippen MR) is 217 cm³/mol. The number of hydrogen-bond acceptors (Lipinski definition) is 1. The minimum atomic E-state index is 0.505. The Labute approximate surface area is 298 Å². The van der Waals surface area contributed by atoms with Crippen molar-refractivity contribution in [2.24, 2.45) is 15.0 Å². The van der Waals surface area contributed by atoms with Gasteiger partial charge < -0.3 is 0 Å². The Morgan fingerprint density at radius 3 is 1.45 bits per heavy atom. The summed E-state index contributed by atoms with van der Waals surface area (Å²) in [6.45, 7) is 4.32. The molecule has 3 heteroatoms. The number of nitrogens with zero attached hydrogens (tertiary/aromatic N) is 3. The third-order valence-corrected chi connectivity index (χ3v) is 9.27. The summed E-state index contributed by atoms with van der Waals surface area (Å²) in [6, 6.07) is 65.8. The smallest absolute Gasteiger partial charge is 0.161 e. The molecule has 0 fully saturated rings. The zero-order chi connectivity index (χ0) is 34.4. The summed E-state index contributed by atoms with van der Waals surface area (Å²) in [6.07, 6.45) is 0. The minimum Gasteiger partial charge on any atom is -0.261 e. The lowest BCUT2D eigenvalue weighted by atomic mass is 9.85. The lowest BCUT2D eigenvalue weighted by molar-refractivity contribution is 1.06. The largest absolute Gasteiger partial charge is 0.261 e. The third-order valence-electron chi connectivity index (χ3n) is 9.27. The van der Waals surface area contributed by atoms with Gasteiger partial charge in [0.1, 0.15) is 0 Å². The van der Waals surface area contributed by atoms with E-state index in [1.54, 1.807) is 0 Å². The minimum absolute atomic E-state index is 0.505. The number of rotatable bonds is 7. The van der Waals surface area contributed by atoms with E-state index in [0.717, 1.165) is 27.8 Å². The summed E-state index contributed by atoms with van der Waals surface area (Å²) in [5.74, 6) is 1.15. The van der Waals surface area contributed by atoms with Gasteiger partial charge in [0.05, 0.1) is 6.54 Å². The third kappa shape index (κ3) is 6.53. The highest BCUT2D eigenvalue weighted by Crippen LogP contribution is 2.44. The van der Waals surface area contributed by atoms with Crippen molar-refractivity contribution in [2.45, 2.75) is 6.54 Å². The molecule has 8 aromatic rings. The van der Waals surface area contributed by atoms with E-state index in [1.165, 1.54) is 43.8 Å². The Bertz CT molecular complexity index is 2520. The summed E-state index contributed by atoms with van der Waals surface area (Å²) < 4.78 is 0. The van der Waals surface area contributed by atoms with Crippen molar-refractivity contribution in [3.05, 3.63) is 205 Å². The molecule has 0 N–H and O–H groups in total. The molecule has 3 nitrogen and oxygen atoms in total. The van der Waals surface area contributed by atoms with Gasteiger partial charge in [0.25, 0.3) is 0 Å². The summed E-state index contributed by atoms with van der Waals surface area (Å²) in [7, 11) is 0. The fraction of sp³-hybridized carbons (Fsp3) is 0.0208. The molecule has 0 atom stereocenters. The van der Waals surface area contributed by atoms with E-state index in [-0.39, 0.29) is 0 Å². The predicted octanol–water partition coefficient (Wildman–Crippen LogP) is 12.1. The average Bonchev–Trinajstić information content (AvgIpc) is 3.21. The Kier molecular flexibility index (Phi) is 8.92. The molecule has 0 spiro atoms. The highest BCUT2D eigenvalue weighted by Gasteiger charge is 2.17. The second kappa shape index (κ2) is 14.4. The Balaban J connectivity index is 1.26. The standard InChI is InChI=1S/C48H35N3/c1-49-47(38-22-12-5-13-23-38)51-48(50-33-34-16-6-2-7-17-34)39-28-26-35(27-29-39)40-30-31-43-44(32-40)46(37-20-10-4-11-21-37)42-25-15-14-24-41(42)45(43)36-18-8-3-9-19-36/h2-32H,1,33H2. The number of amidine groups is 2. The molecule has 0 amide bonds. The van der Waals surface area contributed by atoms with Gasteiger partial charge in [-0.2, -0.15) is 0 Å². The molecule has 242 valence electrons. The highest BCUT2D eigenvalue weighted by molar-refractivity contribution is 6.22. The Morgan fingerprint density at radius 2 is 0.863 bits per heavy atom. The van der Waals surface area contributed by atoms with Crippen LogP contribution in [0.5, 0.6) is 0 Å². The first kappa shape index (κ1) is 31.6. The quantitative estimate of drug-likeness (QED) is 0.0933. The molecule has 8 aromatic carbocycles. The summed E-state index contributed by atoms with van der Waals surface area (Å²) in [4.78, 5) is 14.2. The molecule has 0 aliphatic carbocycles. The van der Waals surface area contributed by atoms with E-state index >= 15 is 0 Å². The van der Waals surface area contributed by atoms with Gasteiger partial charge in [-0.25, -0.2) is 9.98 Å². The van der Waals surface area contributed by atoms with E-state index < -0.39 is 0 Å². The molecule has 0 saturated heterocycles. The van der Waals surface area contributed by atoms with Crippen LogP contribution in [0.2, 0.25) is 0 Å². The van der Waals surface area contributed by atoms with Crippen molar-refractivity contribution in [1.29, 1.82) is 0 Å². The number of fused-ring (bicyclic) bond motifs is 2. The molecule has 0 aliphatic rings. The fourth-order valence-electron chi connectivity index (χ4n) is 6.82. The van der Waals surface area contributed by atoms with Gasteiger partial charge in [0, 0.05) is 11.1 Å². The molecule has 0 aliphatic heterocycles. The molecule has 0 radical (unpaired) electrons. The van der Waals surface area contributed by atoms with Crippen molar-refractivity contribution in [3.8, 4) is 33.4 Å². The number of aliphatic imine (C=N–C) groups is 3. The number of hydrogen-bond donors (Lipinski definition) is 0. The van der Waals surface area contributed by atoms with Gasteiger partial charge in [-0.05, 0) is 73.3 Å². The molecule has 0 bridgehead atoms. The van der Waals surface area contributed by atoms with Crippen molar-refractivity contribution in [1.82, 2.24) is 0 Å². The lowest BCUT2D eigenvalue weighted by Gasteiger charge is -2.18. The fourth-order valence-corrected chi connectivity index (χ4v) is 6.82. The summed E-state index contributed by atoms with van der Waals surface area (Å²) in [5, 5.41) is 4.94. The molecular formula is C48H35N3. The molecule has 0 heterocycles. The van der Waals surface area contributed by atoms with Crippen LogP contribution in [0.4, 0.5) is 0 Å². The zero-order valence-electron chi connectivity index (χ0n) is 28.2. The first-order chi connectivity index (χ1) is 25.3. The van der Waals surface area contributed by atoms with Crippen molar-refractivity contribution < 1.29 is 0 Å². The maximum atomic E-state index is 4.97. The first-order valence-electron chi connectivity index (χ1n) is 17.2. The van der Waals surface area contributed by atoms with Crippen LogP contribution in [0.25, 0.3) is 54.9 Å². The second-order valence-corrected chi connectivity index (χ2v) is 12.5. The monoisotopic (exact) mass is 653 g/mol. The van der Waals surface area contributed by atoms with E-state index in [4.69, 9.17) is 9.98 Å². The summed E-state index contributed by atoms with van der Waals surface area (Å²) >= 11 is 0. The van der Waals surface area contributed by atoms with Gasteiger partial charge in [0.15, 0.2) is 11.7 Å².